The second-order valence-corrected chi connectivity index (χ2v) is 8.67. The van der Waals surface area contributed by atoms with Crippen molar-refractivity contribution in [1.82, 2.24) is 20.9 Å². The van der Waals surface area contributed by atoms with Crippen molar-refractivity contribution < 1.29 is 29.0 Å². The number of para-hydroxylation sites is 1. The fraction of sp³-hybridized carbons (Fsp3) is 0.308. The molecule has 0 aliphatic heterocycles. The van der Waals surface area contributed by atoms with Gasteiger partial charge in [-0.05, 0) is 23.1 Å². The molecule has 1 aromatic heterocycles. The van der Waals surface area contributed by atoms with Gasteiger partial charge in [0.05, 0.1) is 6.54 Å². The number of hydrogen-bond donors (Lipinski definition) is 5. The third-order valence-electron chi connectivity index (χ3n) is 5.59. The summed E-state index contributed by atoms with van der Waals surface area (Å²) in [5, 5.41) is 17.9. The van der Waals surface area contributed by atoms with Crippen molar-refractivity contribution in [2.24, 2.45) is 5.92 Å². The number of H-pyrrole nitrogens is 1. The Kier molecular flexibility index (Phi) is 9.04. The number of rotatable bonds is 11. The second-order valence-electron chi connectivity index (χ2n) is 8.67. The maximum absolute atomic E-state index is 12.6. The van der Waals surface area contributed by atoms with Gasteiger partial charge in [0.2, 0.25) is 11.8 Å². The molecule has 2 aromatic carbocycles. The van der Waals surface area contributed by atoms with Gasteiger partial charge in [-0.1, -0.05) is 62.4 Å². The van der Waals surface area contributed by atoms with Gasteiger partial charge in [0, 0.05) is 23.5 Å². The molecule has 0 unspecified atom stereocenters. The number of benzene rings is 2. The van der Waals surface area contributed by atoms with E-state index in [1.165, 1.54) is 0 Å². The van der Waals surface area contributed by atoms with Gasteiger partial charge in [-0.3, -0.25) is 9.59 Å². The predicted octanol–water partition coefficient (Wildman–Crippen LogP) is 2.35. The van der Waals surface area contributed by atoms with Gasteiger partial charge in [-0.15, -0.1) is 0 Å². The number of fused-ring (bicyclic) bond motifs is 1. The molecular formula is C26H30N4O6. The first-order chi connectivity index (χ1) is 17.2. The highest BCUT2D eigenvalue weighted by atomic mass is 16.5. The van der Waals surface area contributed by atoms with Crippen molar-refractivity contribution in [3.63, 3.8) is 0 Å². The monoisotopic (exact) mass is 494 g/mol. The number of aromatic amines is 1. The Morgan fingerprint density at radius 3 is 2.36 bits per heavy atom. The van der Waals surface area contributed by atoms with E-state index in [0.29, 0.717) is 0 Å². The van der Waals surface area contributed by atoms with E-state index in [4.69, 9.17) is 4.74 Å². The Bertz CT molecular complexity index is 1210. The molecule has 190 valence electrons. The van der Waals surface area contributed by atoms with E-state index >= 15 is 0 Å². The standard InChI is InChI=1S/C26H30N4O6/c1-16(2)23(30-26(35)36-15-17-8-4-3-5-9-17)24(32)28-14-22(31)29-21(25(33)34)12-18-13-27-20-11-7-6-10-19(18)20/h3-11,13,16,21,23,27H,12,14-15H2,1-2H3,(H,28,32)(H,29,31)(H,30,35)(H,33,34)/t21-,23-/m1/s1. The topological polar surface area (TPSA) is 150 Å². The fourth-order valence-electron chi connectivity index (χ4n) is 3.67. The summed E-state index contributed by atoms with van der Waals surface area (Å²) in [5.74, 6) is -2.72. The number of carboxylic acid groups (broad SMARTS) is 1. The fourth-order valence-corrected chi connectivity index (χ4v) is 3.67. The predicted molar refractivity (Wildman–Crippen MR) is 133 cm³/mol. The molecule has 10 heteroatoms. The normalized spacial score (nSPS) is 12.5. The molecular weight excluding hydrogens is 464 g/mol. The third kappa shape index (κ3) is 7.33. The molecule has 5 N–H and O–H groups in total. The van der Waals surface area contributed by atoms with Crippen LogP contribution in [0.1, 0.15) is 25.0 Å². The van der Waals surface area contributed by atoms with Crippen LogP contribution in [0.4, 0.5) is 4.79 Å². The Hall–Kier alpha value is -4.34. The van der Waals surface area contributed by atoms with Crippen LogP contribution in [0.25, 0.3) is 10.9 Å². The number of aromatic nitrogens is 1. The van der Waals surface area contributed by atoms with Gasteiger partial charge in [-0.2, -0.15) is 0 Å². The number of aliphatic carboxylic acids is 1. The molecule has 0 bridgehead atoms. The first-order valence-corrected chi connectivity index (χ1v) is 11.6. The lowest BCUT2D eigenvalue weighted by molar-refractivity contribution is -0.141. The maximum Gasteiger partial charge on any atom is 0.408 e. The van der Waals surface area contributed by atoms with Crippen molar-refractivity contribution in [2.75, 3.05) is 6.54 Å². The van der Waals surface area contributed by atoms with Crippen LogP contribution in [0, 0.1) is 5.92 Å². The average Bonchev–Trinajstić information content (AvgIpc) is 3.27. The molecule has 0 radical (unpaired) electrons. The zero-order valence-corrected chi connectivity index (χ0v) is 20.1. The van der Waals surface area contributed by atoms with Crippen molar-refractivity contribution in [3.8, 4) is 0 Å². The minimum absolute atomic E-state index is 0.0501. The van der Waals surface area contributed by atoms with E-state index < -0.39 is 42.5 Å². The summed E-state index contributed by atoms with van der Waals surface area (Å²) in [4.78, 5) is 52.1. The summed E-state index contributed by atoms with van der Waals surface area (Å²) in [6.45, 7) is 3.09. The Morgan fingerprint density at radius 1 is 0.972 bits per heavy atom. The molecule has 0 fully saturated rings. The van der Waals surface area contributed by atoms with Crippen molar-refractivity contribution in [2.45, 2.75) is 39.0 Å². The summed E-state index contributed by atoms with van der Waals surface area (Å²) < 4.78 is 5.17. The number of hydrogen-bond acceptors (Lipinski definition) is 5. The first-order valence-electron chi connectivity index (χ1n) is 11.6. The van der Waals surface area contributed by atoms with Crippen LogP contribution >= 0.6 is 0 Å². The van der Waals surface area contributed by atoms with Gasteiger partial charge in [-0.25, -0.2) is 9.59 Å². The quantitative estimate of drug-likeness (QED) is 0.276. The van der Waals surface area contributed by atoms with Gasteiger partial charge in [0.15, 0.2) is 0 Å². The zero-order valence-electron chi connectivity index (χ0n) is 20.1. The van der Waals surface area contributed by atoms with Gasteiger partial charge in [0.25, 0.3) is 0 Å². The van der Waals surface area contributed by atoms with Gasteiger partial charge < -0.3 is 30.8 Å². The van der Waals surface area contributed by atoms with E-state index in [1.54, 1.807) is 32.2 Å². The van der Waals surface area contributed by atoms with E-state index in [9.17, 15) is 24.3 Å². The highest BCUT2D eigenvalue weighted by Crippen LogP contribution is 2.19. The minimum atomic E-state index is -1.19. The summed E-state index contributed by atoms with van der Waals surface area (Å²) in [6.07, 6.45) is 1.02. The first kappa shape index (κ1) is 26.3. The third-order valence-corrected chi connectivity index (χ3v) is 5.59. The molecule has 36 heavy (non-hydrogen) atoms. The molecule has 3 amide bonds. The molecule has 0 spiro atoms. The molecule has 10 nitrogen and oxygen atoms in total. The lowest BCUT2D eigenvalue weighted by atomic mass is 10.0. The number of alkyl carbamates (subject to hydrolysis) is 1. The smallest absolute Gasteiger partial charge is 0.408 e. The van der Waals surface area contributed by atoms with Crippen molar-refractivity contribution in [3.05, 3.63) is 71.9 Å². The molecule has 3 aromatic rings. The van der Waals surface area contributed by atoms with Crippen LogP contribution in [0.15, 0.2) is 60.8 Å². The van der Waals surface area contributed by atoms with E-state index in [0.717, 1.165) is 22.0 Å². The summed E-state index contributed by atoms with van der Waals surface area (Å²) in [6, 6.07) is 14.4. The highest BCUT2D eigenvalue weighted by molar-refractivity contribution is 5.91. The zero-order chi connectivity index (χ0) is 26.1. The molecule has 3 rings (SSSR count). The number of carbonyl (C=O) groups excluding carboxylic acids is 3. The SMILES string of the molecule is CC(C)[C@@H](NC(=O)OCc1ccccc1)C(=O)NCC(=O)N[C@H](Cc1c[nH]c2ccccc12)C(=O)O. The highest BCUT2D eigenvalue weighted by Gasteiger charge is 2.26. The number of carboxylic acids is 1. The largest absolute Gasteiger partial charge is 0.480 e. The Labute approximate surface area is 208 Å². The Morgan fingerprint density at radius 2 is 1.67 bits per heavy atom. The number of nitrogens with one attached hydrogen (secondary N) is 4. The molecule has 0 saturated heterocycles. The minimum Gasteiger partial charge on any atom is -0.480 e. The molecule has 0 saturated carbocycles. The van der Waals surface area contributed by atoms with Crippen LogP contribution in [-0.2, 0) is 32.1 Å². The average molecular weight is 495 g/mol. The lowest BCUT2D eigenvalue weighted by Gasteiger charge is -2.21. The number of carbonyl (C=O) groups is 4. The van der Waals surface area contributed by atoms with Crippen LogP contribution in [-0.4, -0.2) is 52.6 Å². The number of ether oxygens (including phenoxy) is 1. The van der Waals surface area contributed by atoms with Crippen LogP contribution in [0.3, 0.4) is 0 Å². The van der Waals surface area contributed by atoms with Gasteiger partial charge in [0.1, 0.15) is 18.7 Å². The number of amides is 3. The van der Waals surface area contributed by atoms with Crippen LogP contribution < -0.4 is 16.0 Å². The van der Waals surface area contributed by atoms with E-state index in [-0.39, 0.29) is 18.9 Å². The second kappa shape index (κ2) is 12.4. The molecule has 1 heterocycles. The van der Waals surface area contributed by atoms with Crippen molar-refractivity contribution >= 4 is 34.8 Å². The molecule has 2 atom stereocenters. The molecule has 0 aliphatic carbocycles. The van der Waals surface area contributed by atoms with Crippen molar-refractivity contribution in [1.29, 1.82) is 0 Å². The Balaban J connectivity index is 1.51. The lowest BCUT2D eigenvalue weighted by Crippen LogP contribution is -2.52. The molecule has 0 aliphatic rings. The summed E-state index contributed by atoms with van der Waals surface area (Å²) in [7, 11) is 0. The summed E-state index contributed by atoms with van der Waals surface area (Å²) >= 11 is 0. The van der Waals surface area contributed by atoms with Crippen LogP contribution in [0.2, 0.25) is 0 Å². The van der Waals surface area contributed by atoms with Gasteiger partial charge >= 0.3 is 12.1 Å². The van der Waals surface area contributed by atoms with Crippen LogP contribution in [0.5, 0.6) is 0 Å². The van der Waals surface area contributed by atoms with E-state index in [2.05, 4.69) is 20.9 Å². The maximum atomic E-state index is 12.6. The summed E-state index contributed by atoms with van der Waals surface area (Å²) in [5.41, 5.74) is 2.42. The van der Waals surface area contributed by atoms with E-state index in [1.807, 2.05) is 42.5 Å².